The fourth-order valence-electron chi connectivity index (χ4n) is 2.27. The largest absolute Gasteiger partial charge is 0.497 e. The summed E-state index contributed by atoms with van der Waals surface area (Å²) in [6, 6.07) is 18.0. The molecule has 2 aromatic carbocycles. The van der Waals surface area contributed by atoms with Crippen LogP contribution in [0.15, 0.2) is 59.6 Å². The third-order valence-corrected chi connectivity index (χ3v) is 3.61. The second kappa shape index (κ2) is 8.08. The van der Waals surface area contributed by atoms with Crippen molar-refractivity contribution in [1.82, 2.24) is 0 Å². The van der Waals surface area contributed by atoms with E-state index in [-0.39, 0.29) is 0 Å². The fraction of sp³-hybridized carbons (Fsp3) is 0.278. The highest BCUT2D eigenvalue weighted by molar-refractivity contribution is 5.92. The first-order valence-corrected chi connectivity index (χ1v) is 7.49. The molecule has 0 saturated carbocycles. The van der Waals surface area contributed by atoms with Crippen LogP contribution < -0.4 is 15.8 Å². The summed E-state index contributed by atoms with van der Waals surface area (Å²) in [6.07, 6.45) is 1.03. The number of nitrogens with zero attached hydrogens (tertiary/aromatic N) is 1. The van der Waals surface area contributed by atoms with Crippen LogP contribution in [0.5, 0.6) is 5.75 Å². The van der Waals surface area contributed by atoms with Crippen LogP contribution in [-0.4, -0.2) is 19.6 Å². The molecule has 4 heteroatoms. The summed E-state index contributed by atoms with van der Waals surface area (Å²) in [4.78, 5) is 4.46. The SMILES string of the molecule is CCC(CN=C(N)Nc1ccc(OC)cc1)c1ccccc1. The number of benzene rings is 2. The van der Waals surface area contributed by atoms with Gasteiger partial charge in [-0.3, -0.25) is 4.99 Å². The van der Waals surface area contributed by atoms with Crippen molar-refractivity contribution in [2.45, 2.75) is 19.3 Å². The lowest BCUT2D eigenvalue weighted by atomic mass is 9.97. The van der Waals surface area contributed by atoms with Gasteiger partial charge < -0.3 is 15.8 Å². The standard InChI is InChI=1S/C18H23N3O/c1-3-14(15-7-5-4-6-8-15)13-20-18(19)21-16-9-11-17(22-2)12-10-16/h4-12,14H,3,13H2,1-2H3,(H3,19,20,21). The molecule has 0 radical (unpaired) electrons. The monoisotopic (exact) mass is 297 g/mol. The molecule has 0 fully saturated rings. The van der Waals surface area contributed by atoms with Gasteiger partial charge in [0.1, 0.15) is 5.75 Å². The van der Waals surface area contributed by atoms with Crippen molar-refractivity contribution in [1.29, 1.82) is 0 Å². The molecule has 0 aliphatic heterocycles. The zero-order valence-corrected chi connectivity index (χ0v) is 13.1. The Bertz CT molecular complexity index is 593. The minimum absolute atomic E-state index is 0.386. The van der Waals surface area contributed by atoms with Gasteiger partial charge in [0.05, 0.1) is 7.11 Å². The van der Waals surface area contributed by atoms with Crippen LogP contribution in [-0.2, 0) is 0 Å². The molecule has 1 atom stereocenters. The summed E-state index contributed by atoms with van der Waals surface area (Å²) in [5.41, 5.74) is 8.16. The summed E-state index contributed by atoms with van der Waals surface area (Å²) in [5.74, 6) is 1.63. The van der Waals surface area contributed by atoms with E-state index in [1.54, 1.807) is 7.11 Å². The Morgan fingerprint density at radius 1 is 1.14 bits per heavy atom. The van der Waals surface area contributed by atoms with E-state index in [0.29, 0.717) is 18.4 Å². The van der Waals surface area contributed by atoms with Gasteiger partial charge in [0, 0.05) is 18.2 Å². The van der Waals surface area contributed by atoms with Crippen molar-refractivity contribution in [3.05, 3.63) is 60.2 Å². The van der Waals surface area contributed by atoms with Crippen molar-refractivity contribution in [2.24, 2.45) is 10.7 Å². The van der Waals surface area contributed by atoms with E-state index in [1.807, 2.05) is 30.3 Å². The highest BCUT2D eigenvalue weighted by atomic mass is 16.5. The molecule has 2 rings (SSSR count). The zero-order valence-electron chi connectivity index (χ0n) is 13.1. The molecule has 0 aliphatic carbocycles. The van der Waals surface area contributed by atoms with Crippen LogP contribution in [0, 0.1) is 0 Å². The Morgan fingerprint density at radius 3 is 2.41 bits per heavy atom. The molecule has 0 aromatic heterocycles. The van der Waals surface area contributed by atoms with Crippen LogP contribution in [0.25, 0.3) is 0 Å². The molecule has 4 nitrogen and oxygen atoms in total. The highest BCUT2D eigenvalue weighted by Crippen LogP contribution is 2.19. The third kappa shape index (κ3) is 4.52. The predicted octanol–water partition coefficient (Wildman–Crippen LogP) is 3.62. The maximum Gasteiger partial charge on any atom is 0.193 e. The first-order valence-electron chi connectivity index (χ1n) is 7.49. The molecule has 22 heavy (non-hydrogen) atoms. The Labute approximate surface area is 132 Å². The molecule has 1 unspecified atom stereocenters. The zero-order chi connectivity index (χ0) is 15.8. The summed E-state index contributed by atoms with van der Waals surface area (Å²) in [6.45, 7) is 2.84. The van der Waals surface area contributed by atoms with E-state index in [9.17, 15) is 0 Å². The van der Waals surface area contributed by atoms with Crippen LogP contribution in [0.2, 0.25) is 0 Å². The number of nitrogens with one attached hydrogen (secondary N) is 1. The maximum atomic E-state index is 5.96. The van der Waals surface area contributed by atoms with E-state index in [4.69, 9.17) is 10.5 Å². The van der Waals surface area contributed by atoms with E-state index in [2.05, 4.69) is 41.5 Å². The van der Waals surface area contributed by atoms with Gasteiger partial charge in [-0.2, -0.15) is 0 Å². The van der Waals surface area contributed by atoms with Crippen LogP contribution in [0.4, 0.5) is 5.69 Å². The quantitative estimate of drug-likeness (QED) is 0.632. The number of hydrogen-bond acceptors (Lipinski definition) is 2. The second-order valence-electron chi connectivity index (χ2n) is 5.10. The minimum Gasteiger partial charge on any atom is -0.497 e. The number of hydrogen-bond donors (Lipinski definition) is 2. The van der Waals surface area contributed by atoms with E-state index < -0.39 is 0 Å². The summed E-state index contributed by atoms with van der Waals surface area (Å²) in [5, 5.41) is 3.10. The smallest absolute Gasteiger partial charge is 0.193 e. The number of methoxy groups -OCH3 is 1. The van der Waals surface area contributed by atoms with Crippen molar-refractivity contribution in [3.63, 3.8) is 0 Å². The lowest BCUT2D eigenvalue weighted by Crippen LogP contribution is -2.23. The molecule has 0 heterocycles. The Balaban J connectivity index is 1.96. The Kier molecular flexibility index (Phi) is 5.83. The summed E-state index contributed by atoms with van der Waals surface area (Å²) in [7, 11) is 1.65. The number of aliphatic imine (C=N–C) groups is 1. The molecule has 2 aromatic rings. The average molecular weight is 297 g/mol. The highest BCUT2D eigenvalue weighted by Gasteiger charge is 2.08. The number of anilines is 1. The lowest BCUT2D eigenvalue weighted by molar-refractivity contribution is 0.415. The predicted molar refractivity (Wildman–Crippen MR) is 92.6 cm³/mol. The molecular formula is C18H23N3O. The fourth-order valence-corrected chi connectivity index (χ4v) is 2.27. The van der Waals surface area contributed by atoms with Gasteiger partial charge in [0.25, 0.3) is 0 Å². The molecule has 116 valence electrons. The van der Waals surface area contributed by atoms with E-state index in [1.165, 1.54) is 5.56 Å². The van der Waals surface area contributed by atoms with Crippen molar-refractivity contribution < 1.29 is 4.74 Å². The number of rotatable bonds is 6. The Hall–Kier alpha value is -2.49. The van der Waals surface area contributed by atoms with Gasteiger partial charge in [-0.25, -0.2) is 0 Å². The topological polar surface area (TPSA) is 59.6 Å². The van der Waals surface area contributed by atoms with Crippen molar-refractivity contribution >= 4 is 11.6 Å². The van der Waals surface area contributed by atoms with E-state index >= 15 is 0 Å². The van der Waals surface area contributed by atoms with Crippen LogP contribution >= 0.6 is 0 Å². The van der Waals surface area contributed by atoms with Gasteiger partial charge in [-0.1, -0.05) is 37.3 Å². The second-order valence-corrected chi connectivity index (χ2v) is 5.10. The molecule has 0 saturated heterocycles. The lowest BCUT2D eigenvalue weighted by Gasteiger charge is -2.13. The Morgan fingerprint density at radius 2 is 1.82 bits per heavy atom. The van der Waals surface area contributed by atoms with Gasteiger partial charge in [-0.15, -0.1) is 0 Å². The summed E-state index contributed by atoms with van der Waals surface area (Å²) < 4.78 is 5.13. The maximum absolute atomic E-state index is 5.96. The van der Waals surface area contributed by atoms with Gasteiger partial charge in [0.15, 0.2) is 5.96 Å². The van der Waals surface area contributed by atoms with Crippen LogP contribution in [0.3, 0.4) is 0 Å². The molecule has 0 aliphatic rings. The van der Waals surface area contributed by atoms with Crippen molar-refractivity contribution in [2.75, 3.05) is 19.0 Å². The normalized spacial score (nSPS) is 12.7. The number of ether oxygens (including phenoxy) is 1. The molecule has 3 N–H and O–H groups in total. The molecular weight excluding hydrogens is 274 g/mol. The van der Waals surface area contributed by atoms with Gasteiger partial charge in [-0.05, 0) is 36.2 Å². The molecule has 0 spiro atoms. The van der Waals surface area contributed by atoms with E-state index in [0.717, 1.165) is 17.9 Å². The number of nitrogens with two attached hydrogens (primary N) is 1. The van der Waals surface area contributed by atoms with Crippen molar-refractivity contribution in [3.8, 4) is 5.75 Å². The molecule has 0 amide bonds. The summed E-state index contributed by atoms with van der Waals surface area (Å²) >= 11 is 0. The first-order chi connectivity index (χ1) is 10.7. The third-order valence-electron chi connectivity index (χ3n) is 3.61. The first kappa shape index (κ1) is 15.9. The van der Waals surface area contributed by atoms with Gasteiger partial charge >= 0.3 is 0 Å². The van der Waals surface area contributed by atoms with Crippen LogP contribution in [0.1, 0.15) is 24.8 Å². The van der Waals surface area contributed by atoms with Gasteiger partial charge in [0.2, 0.25) is 0 Å². The average Bonchev–Trinajstić information content (AvgIpc) is 2.57. The number of guanidine groups is 1. The minimum atomic E-state index is 0.386. The molecule has 0 bridgehead atoms.